The minimum atomic E-state index is -1.72. The van der Waals surface area contributed by atoms with Crippen LogP contribution in [0.25, 0.3) is 0 Å². The zero-order valence-corrected chi connectivity index (χ0v) is 25.6. The van der Waals surface area contributed by atoms with E-state index in [2.05, 4.69) is 5.43 Å². The van der Waals surface area contributed by atoms with Gasteiger partial charge in [-0.2, -0.15) is 9.91 Å². The summed E-state index contributed by atoms with van der Waals surface area (Å²) in [6, 6.07) is 15.0. The lowest BCUT2D eigenvalue weighted by atomic mass is 9.49. The lowest BCUT2D eigenvalue weighted by Crippen LogP contribution is -2.53. The van der Waals surface area contributed by atoms with E-state index in [9.17, 15) is 28.7 Å². The molecule has 2 aliphatic carbocycles. The van der Waals surface area contributed by atoms with Crippen molar-refractivity contribution in [2.45, 2.75) is 24.2 Å². The van der Waals surface area contributed by atoms with Gasteiger partial charge in [0, 0.05) is 16.5 Å². The van der Waals surface area contributed by atoms with Crippen LogP contribution in [0, 0.1) is 29.5 Å². The van der Waals surface area contributed by atoms with Crippen LogP contribution < -0.4 is 15.9 Å². The number of phenolic OH excluding ortho intramolecular Hbond substituents is 1. The number of aromatic hydroxyl groups is 1. The highest BCUT2D eigenvalue weighted by atomic mass is 35.5. The zero-order chi connectivity index (χ0) is 33.4. The predicted molar refractivity (Wildman–Crippen MR) is 165 cm³/mol. The van der Waals surface area contributed by atoms with Gasteiger partial charge in [-0.15, -0.1) is 0 Å². The predicted octanol–water partition coefficient (Wildman–Crippen LogP) is 4.26. The second kappa shape index (κ2) is 10.9. The molecule has 2 heterocycles. The van der Waals surface area contributed by atoms with Gasteiger partial charge in [0.15, 0.2) is 0 Å². The molecule has 0 radical (unpaired) electrons. The first kappa shape index (κ1) is 30.4. The van der Waals surface area contributed by atoms with Crippen molar-refractivity contribution in [1.29, 1.82) is 0 Å². The molecule has 4 aliphatic rings. The molecule has 3 aromatic rings. The van der Waals surface area contributed by atoms with E-state index < -0.39 is 70.5 Å². The standard InChI is InChI=1S/C34H28ClFN4O7/c1-47-25-4-2-3-24(41)27(25)28-20-13-14-21-26(31(44)39(29(21)42)33(37)46)22(20)15-23-30(43)40(38-19-11-9-18(36)10-12-19)32(45)34(23,28)16-5-7-17(35)8-6-16/h2-13,21-23,26,28,38,41H,14-15H2,1H3,(H2,37,46). The van der Waals surface area contributed by atoms with E-state index in [1.165, 1.54) is 37.4 Å². The Hall–Kier alpha value is -5.23. The number of hydrogen-bond donors (Lipinski definition) is 3. The number of hydrazine groups is 1. The fourth-order valence-corrected chi connectivity index (χ4v) is 8.31. The van der Waals surface area contributed by atoms with Crippen molar-refractivity contribution in [2.24, 2.45) is 29.4 Å². The van der Waals surface area contributed by atoms with Gasteiger partial charge in [0.2, 0.25) is 11.8 Å². The van der Waals surface area contributed by atoms with Gasteiger partial charge in [-0.25, -0.2) is 9.18 Å². The summed E-state index contributed by atoms with van der Waals surface area (Å²) in [5.41, 5.74) is 8.00. The van der Waals surface area contributed by atoms with Crippen LogP contribution in [0.5, 0.6) is 11.5 Å². The fourth-order valence-electron chi connectivity index (χ4n) is 8.19. The molecule has 4 N–H and O–H groups in total. The number of nitrogens with one attached hydrogen (secondary N) is 1. The summed E-state index contributed by atoms with van der Waals surface area (Å²) in [7, 11) is 1.41. The zero-order valence-electron chi connectivity index (χ0n) is 24.9. The van der Waals surface area contributed by atoms with Crippen molar-refractivity contribution < 1.29 is 38.2 Å². The number of allylic oxidation sites excluding steroid dienone is 2. The number of primary amides is 1. The summed E-state index contributed by atoms with van der Waals surface area (Å²) in [6.45, 7) is 0. The fraction of sp³-hybridized carbons (Fsp3) is 0.265. The van der Waals surface area contributed by atoms with Crippen LogP contribution in [0.15, 0.2) is 78.4 Å². The van der Waals surface area contributed by atoms with E-state index in [-0.39, 0.29) is 35.6 Å². The van der Waals surface area contributed by atoms with Gasteiger partial charge in [-0.3, -0.25) is 24.6 Å². The highest BCUT2D eigenvalue weighted by molar-refractivity contribution is 6.30. The first-order chi connectivity index (χ1) is 22.5. The van der Waals surface area contributed by atoms with Gasteiger partial charge in [0.1, 0.15) is 17.3 Å². The summed E-state index contributed by atoms with van der Waals surface area (Å²) < 4.78 is 19.5. The van der Waals surface area contributed by atoms with Gasteiger partial charge in [-0.05, 0) is 72.9 Å². The van der Waals surface area contributed by atoms with Crippen molar-refractivity contribution in [3.63, 3.8) is 0 Å². The molecule has 47 heavy (non-hydrogen) atoms. The lowest BCUT2D eigenvalue weighted by Gasteiger charge is -2.50. The molecule has 0 spiro atoms. The molecule has 11 nitrogen and oxygen atoms in total. The summed E-state index contributed by atoms with van der Waals surface area (Å²) in [4.78, 5) is 69.3. The molecule has 7 rings (SSSR count). The van der Waals surface area contributed by atoms with Gasteiger partial charge in [0.05, 0.1) is 36.0 Å². The number of amides is 6. The molecule has 1 saturated carbocycles. The third-order valence-electron chi connectivity index (χ3n) is 10.0. The summed E-state index contributed by atoms with van der Waals surface area (Å²) in [5, 5.41) is 12.8. The highest BCUT2D eigenvalue weighted by Gasteiger charge is 2.71. The SMILES string of the molecule is COc1cccc(O)c1C1C2=CCC3C(=O)N(C(N)=O)C(=O)C3C2CC2C(=O)N(Nc3ccc(F)cc3)C(=O)C21c1ccc(Cl)cc1. The Balaban J connectivity index is 1.50. The number of halogens is 2. The molecule has 6 amide bonds. The van der Waals surface area contributed by atoms with Gasteiger partial charge in [0.25, 0.3) is 11.8 Å². The maximum atomic E-state index is 15.1. The summed E-state index contributed by atoms with van der Waals surface area (Å²) in [5.74, 6) is -8.29. The Morgan fingerprint density at radius 2 is 1.70 bits per heavy atom. The molecule has 0 bridgehead atoms. The van der Waals surface area contributed by atoms with E-state index >= 15 is 4.79 Å². The minimum absolute atomic E-state index is 0.0539. The van der Waals surface area contributed by atoms with Crippen molar-refractivity contribution >= 4 is 46.9 Å². The number of nitrogens with zero attached hydrogens (tertiary/aromatic N) is 2. The average Bonchev–Trinajstić information content (AvgIpc) is 3.43. The number of phenols is 1. The number of carbonyl (C=O) groups is 5. The monoisotopic (exact) mass is 658 g/mol. The van der Waals surface area contributed by atoms with Crippen LogP contribution in [-0.2, 0) is 24.6 Å². The van der Waals surface area contributed by atoms with Crippen molar-refractivity contribution in [2.75, 3.05) is 12.5 Å². The molecule has 2 saturated heterocycles. The first-order valence-electron chi connectivity index (χ1n) is 14.9. The number of hydrogen-bond acceptors (Lipinski definition) is 8. The van der Waals surface area contributed by atoms with Crippen LogP contribution in [0.3, 0.4) is 0 Å². The smallest absolute Gasteiger partial charge is 0.328 e. The second-order valence-electron chi connectivity index (χ2n) is 12.1. The number of anilines is 1. The Morgan fingerprint density at radius 3 is 2.36 bits per heavy atom. The number of benzene rings is 3. The van der Waals surface area contributed by atoms with Gasteiger partial charge in [-0.1, -0.05) is 41.4 Å². The summed E-state index contributed by atoms with van der Waals surface area (Å²) in [6.07, 6.45) is 1.76. The van der Waals surface area contributed by atoms with Crippen LogP contribution in [0.2, 0.25) is 5.02 Å². The van der Waals surface area contributed by atoms with Crippen molar-refractivity contribution in [3.8, 4) is 11.5 Å². The van der Waals surface area contributed by atoms with Crippen molar-refractivity contribution in [1.82, 2.24) is 9.91 Å². The quantitative estimate of drug-likeness (QED) is 0.271. The van der Waals surface area contributed by atoms with Crippen LogP contribution >= 0.6 is 11.6 Å². The second-order valence-corrected chi connectivity index (χ2v) is 12.6. The van der Waals surface area contributed by atoms with Gasteiger partial charge < -0.3 is 15.6 Å². The molecule has 2 aliphatic heterocycles. The molecule has 3 aromatic carbocycles. The minimum Gasteiger partial charge on any atom is -0.508 e. The Bertz CT molecular complexity index is 1900. The largest absolute Gasteiger partial charge is 0.508 e. The van der Waals surface area contributed by atoms with Crippen LogP contribution in [0.4, 0.5) is 14.9 Å². The van der Waals surface area contributed by atoms with E-state index in [1.807, 2.05) is 0 Å². The lowest BCUT2D eigenvalue weighted by molar-refractivity contribution is -0.139. The molecule has 6 atom stereocenters. The number of fused-ring (bicyclic) bond motifs is 4. The first-order valence-corrected chi connectivity index (χ1v) is 15.3. The maximum absolute atomic E-state index is 15.1. The molecule has 240 valence electrons. The highest BCUT2D eigenvalue weighted by Crippen LogP contribution is 2.65. The Morgan fingerprint density at radius 1 is 1.00 bits per heavy atom. The number of ether oxygens (including phenoxy) is 1. The topological polar surface area (TPSA) is 159 Å². The molecular weight excluding hydrogens is 631 g/mol. The van der Waals surface area contributed by atoms with Crippen molar-refractivity contribution in [3.05, 3.63) is 100 Å². The number of nitrogens with two attached hydrogens (primary N) is 1. The number of urea groups is 1. The normalized spacial score (nSPS) is 28.1. The van der Waals surface area contributed by atoms with E-state index in [1.54, 1.807) is 42.5 Å². The van der Waals surface area contributed by atoms with Crippen LogP contribution in [-0.4, -0.2) is 51.8 Å². The molecule has 6 unspecified atom stereocenters. The summed E-state index contributed by atoms with van der Waals surface area (Å²) >= 11 is 6.28. The number of rotatable bonds is 5. The Kier molecular flexibility index (Phi) is 7.08. The molecule has 3 fully saturated rings. The van der Waals surface area contributed by atoms with Crippen LogP contribution in [0.1, 0.15) is 29.9 Å². The average molecular weight is 659 g/mol. The Labute approximate surface area is 272 Å². The van der Waals surface area contributed by atoms with Gasteiger partial charge >= 0.3 is 6.03 Å². The third kappa shape index (κ3) is 4.27. The molecule has 13 heteroatoms. The molecular formula is C34H28ClFN4O7. The maximum Gasteiger partial charge on any atom is 0.328 e. The number of imide groups is 4. The molecule has 0 aromatic heterocycles. The number of methoxy groups -OCH3 is 1. The number of carbonyl (C=O) groups excluding carboxylic acids is 5. The van der Waals surface area contributed by atoms with E-state index in [0.717, 1.165) is 5.01 Å². The number of likely N-dealkylation sites (tertiary alicyclic amines) is 1. The van der Waals surface area contributed by atoms with E-state index in [4.69, 9.17) is 22.1 Å². The van der Waals surface area contributed by atoms with E-state index in [0.29, 0.717) is 21.1 Å². The third-order valence-corrected chi connectivity index (χ3v) is 10.3.